The second kappa shape index (κ2) is 8.19. The first-order valence-electron chi connectivity index (χ1n) is 8.68. The number of halogens is 2. The highest BCUT2D eigenvalue weighted by molar-refractivity contribution is 6.42. The molecule has 3 rings (SSSR count). The molecule has 0 saturated carbocycles. The highest BCUT2D eigenvalue weighted by atomic mass is 35.5. The Hall–Kier alpha value is -2.24. The van der Waals surface area contributed by atoms with Crippen molar-refractivity contribution in [3.63, 3.8) is 0 Å². The van der Waals surface area contributed by atoms with Gasteiger partial charge in [-0.1, -0.05) is 23.2 Å². The van der Waals surface area contributed by atoms with Crippen LogP contribution in [0, 0.1) is 0 Å². The van der Waals surface area contributed by atoms with Crippen molar-refractivity contribution in [3.8, 4) is 0 Å². The number of nitrogens with zero attached hydrogens (tertiary/aromatic N) is 3. The summed E-state index contributed by atoms with van der Waals surface area (Å²) in [5.74, 6) is -0.113. The van der Waals surface area contributed by atoms with Crippen LogP contribution >= 0.6 is 23.2 Å². The topological polar surface area (TPSA) is 43.9 Å². The number of carbonyl (C=O) groups excluding carboxylic acids is 2. The summed E-state index contributed by atoms with van der Waals surface area (Å²) in [6.45, 7) is 1.98. The number of anilines is 1. The van der Waals surface area contributed by atoms with Gasteiger partial charge in [0.15, 0.2) is 0 Å². The second-order valence-corrected chi connectivity index (χ2v) is 7.47. The zero-order valence-corrected chi connectivity index (χ0v) is 16.8. The maximum Gasteiger partial charge on any atom is 0.254 e. The molecule has 2 aromatic rings. The highest BCUT2D eigenvalue weighted by Crippen LogP contribution is 2.23. The van der Waals surface area contributed by atoms with Gasteiger partial charge in [-0.3, -0.25) is 9.59 Å². The normalized spacial score (nSPS) is 14.2. The predicted molar refractivity (Wildman–Crippen MR) is 109 cm³/mol. The standard InChI is InChI=1S/C20H21Cl2N3O2/c1-23(2)16-6-3-14(4-7-16)19(26)24-9-11-25(12-10-24)20(27)15-5-8-17(21)18(22)13-15/h3-8,13H,9-12H2,1-2H3. The van der Waals surface area contributed by atoms with E-state index >= 15 is 0 Å². The Labute approximate surface area is 169 Å². The van der Waals surface area contributed by atoms with Crippen LogP contribution in [0.1, 0.15) is 20.7 Å². The Morgan fingerprint density at radius 1 is 0.778 bits per heavy atom. The van der Waals surface area contributed by atoms with E-state index in [1.807, 2.05) is 43.3 Å². The summed E-state index contributed by atoms with van der Waals surface area (Å²) in [5, 5.41) is 0.779. The first kappa shape index (κ1) is 19.5. The van der Waals surface area contributed by atoms with E-state index in [4.69, 9.17) is 23.2 Å². The largest absolute Gasteiger partial charge is 0.378 e. The van der Waals surface area contributed by atoms with Crippen LogP contribution in [-0.4, -0.2) is 61.9 Å². The van der Waals surface area contributed by atoms with E-state index < -0.39 is 0 Å². The van der Waals surface area contributed by atoms with E-state index in [0.29, 0.717) is 47.4 Å². The molecular weight excluding hydrogens is 385 g/mol. The SMILES string of the molecule is CN(C)c1ccc(C(=O)N2CCN(C(=O)c3ccc(Cl)c(Cl)c3)CC2)cc1. The van der Waals surface area contributed by atoms with Gasteiger partial charge in [-0.05, 0) is 42.5 Å². The van der Waals surface area contributed by atoms with E-state index in [-0.39, 0.29) is 11.8 Å². The first-order chi connectivity index (χ1) is 12.9. The lowest BCUT2D eigenvalue weighted by molar-refractivity contribution is 0.0535. The summed E-state index contributed by atoms with van der Waals surface area (Å²) in [5.41, 5.74) is 2.21. The van der Waals surface area contributed by atoms with Crippen LogP contribution < -0.4 is 4.90 Å². The number of amides is 2. The maximum atomic E-state index is 12.7. The number of benzene rings is 2. The predicted octanol–water partition coefficient (Wildman–Crippen LogP) is 3.66. The van der Waals surface area contributed by atoms with Crippen molar-refractivity contribution in [3.05, 3.63) is 63.6 Å². The van der Waals surface area contributed by atoms with Gasteiger partial charge in [0.2, 0.25) is 0 Å². The van der Waals surface area contributed by atoms with Crippen LogP contribution in [0.25, 0.3) is 0 Å². The van der Waals surface area contributed by atoms with Crippen molar-refractivity contribution < 1.29 is 9.59 Å². The minimum atomic E-state index is -0.101. The second-order valence-electron chi connectivity index (χ2n) is 6.65. The molecule has 0 bridgehead atoms. The third-order valence-electron chi connectivity index (χ3n) is 4.65. The Kier molecular flexibility index (Phi) is 5.92. The highest BCUT2D eigenvalue weighted by Gasteiger charge is 2.25. The monoisotopic (exact) mass is 405 g/mol. The first-order valence-corrected chi connectivity index (χ1v) is 9.43. The smallest absolute Gasteiger partial charge is 0.254 e. The summed E-state index contributed by atoms with van der Waals surface area (Å²) in [6.07, 6.45) is 0. The van der Waals surface area contributed by atoms with Crippen molar-refractivity contribution in [2.75, 3.05) is 45.2 Å². The molecule has 0 N–H and O–H groups in total. The van der Waals surface area contributed by atoms with Crippen molar-refractivity contribution in [1.82, 2.24) is 9.80 Å². The van der Waals surface area contributed by atoms with Crippen LogP contribution in [0.2, 0.25) is 10.0 Å². The van der Waals surface area contributed by atoms with Crippen LogP contribution in [0.15, 0.2) is 42.5 Å². The molecular formula is C20H21Cl2N3O2. The molecule has 5 nitrogen and oxygen atoms in total. The zero-order chi connectivity index (χ0) is 19.6. The van der Waals surface area contributed by atoms with E-state index in [1.54, 1.807) is 28.0 Å². The average molecular weight is 406 g/mol. The van der Waals surface area contributed by atoms with Gasteiger partial charge in [0.1, 0.15) is 0 Å². The van der Waals surface area contributed by atoms with Crippen molar-refractivity contribution in [2.24, 2.45) is 0 Å². The molecule has 0 aromatic heterocycles. The summed E-state index contributed by atoms with van der Waals surface area (Å²) in [6, 6.07) is 12.4. The van der Waals surface area contributed by atoms with E-state index in [9.17, 15) is 9.59 Å². The molecule has 142 valence electrons. The summed E-state index contributed by atoms with van der Waals surface area (Å²) < 4.78 is 0. The molecule has 27 heavy (non-hydrogen) atoms. The third kappa shape index (κ3) is 4.37. The fraction of sp³-hybridized carbons (Fsp3) is 0.300. The Morgan fingerprint density at radius 2 is 1.26 bits per heavy atom. The summed E-state index contributed by atoms with van der Waals surface area (Å²) in [7, 11) is 3.92. The molecule has 0 aliphatic carbocycles. The van der Waals surface area contributed by atoms with Gasteiger partial charge >= 0.3 is 0 Å². The fourth-order valence-electron chi connectivity index (χ4n) is 3.01. The molecule has 0 spiro atoms. The van der Waals surface area contributed by atoms with Gasteiger partial charge in [0.25, 0.3) is 11.8 Å². The molecule has 0 unspecified atom stereocenters. The van der Waals surface area contributed by atoms with Crippen molar-refractivity contribution in [1.29, 1.82) is 0 Å². The fourth-order valence-corrected chi connectivity index (χ4v) is 3.31. The van der Waals surface area contributed by atoms with Crippen LogP contribution in [0.5, 0.6) is 0 Å². The molecule has 1 aliphatic rings. The summed E-state index contributed by atoms with van der Waals surface area (Å²) >= 11 is 11.9. The third-order valence-corrected chi connectivity index (χ3v) is 5.39. The average Bonchev–Trinajstić information content (AvgIpc) is 2.69. The minimum Gasteiger partial charge on any atom is -0.378 e. The van der Waals surface area contributed by atoms with Gasteiger partial charge in [-0.15, -0.1) is 0 Å². The lowest BCUT2D eigenvalue weighted by atomic mass is 10.1. The molecule has 0 radical (unpaired) electrons. The number of hydrogen-bond donors (Lipinski definition) is 0. The van der Waals surface area contributed by atoms with Gasteiger partial charge in [-0.2, -0.15) is 0 Å². The van der Waals surface area contributed by atoms with Gasteiger partial charge in [-0.25, -0.2) is 0 Å². The molecule has 1 fully saturated rings. The van der Waals surface area contributed by atoms with Gasteiger partial charge in [0, 0.05) is 57.1 Å². The van der Waals surface area contributed by atoms with Crippen LogP contribution in [0.3, 0.4) is 0 Å². The molecule has 1 aliphatic heterocycles. The van der Waals surface area contributed by atoms with Crippen LogP contribution in [0.4, 0.5) is 5.69 Å². The minimum absolute atomic E-state index is 0.0121. The summed E-state index contributed by atoms with van der Waals surface area (Å²) in [4.78, 5) is 30.8. The quantitative estimate of drug-likeness (QED) is 0.782. The van der Waals surface area contributed by atoms with Crippen molar-refractivity contribution >= 4 is 40.7 Å². The Bertz CT molecular complexity index is 845. The molecule has 1 heterocycles. The Balaban J connectivity index is 1.61. The molecule has 2 aromatic carbocycles. The van der Waals surface area contributed by atoms with E-state index in [0.717, 1.165) is 5.69 Å². The number of hydrogen-bond acceptors (Lipinski definition) is 3. The number of rotatable bonds is 3. The maximum absolute atomic E-state index is 12.7. The lowest BCUT2D eigenvalue weighted by Crippen LogP contribution is -2.50. The number of carbonyl (C=O) groups is 2. The number of piperazine rings is 1. The van der Waals surface area contributed by atoms with E-state index in [2.05, 4.69) is 0 Å². The van der Waals surface area contributed by atoms with E-state index in [1.165, 1.54) is 0 Å². The lowest BCUT2D eigenvalue weighted by Gasteiger charge is -2.35. The van der Waals surface area contributed by atoms with Crippen LogP contribution in [-0.2, 0) is 0 Å². The Morgan fingerprint density at radius 3 is 1.74 bits per heavy atom. The molecule has 2 amide bonds. The zero-order valence-electron chi connectivity index (χ0n) is 15.3. The molecule has 1 saturated heterocycles. The molecule has 7 heteroatoms. The van der Waals surface area contributed by atoms with Crippen molar-refractivity contribution in [2.45, 2.75) is 0 Å². The van der Waals surface area contributed by atoms with Gasteiger partial charge in [0.05, 0.1) is 10.0 Å². The molecule has 0 atom stereocenters. The van der Waals surface area contributed by atoms with Gasteiger partial charge < -0.3 is 14.7 Å².